The molecule has 1 aliphatic heterocycles. The minimum absolute atomic E-state index is 0.321. The summed E-state index contributed by atoms with van der Waals surface area (Å²) in [5.41, 5.74) is 7.11. The minimum Gasteiger partial charge on any atom is -0.377 e. The van der Waals surface area contributed by atoms with Gasteiger partial charge in [-0.3, -0.25) is 0 Å². The highest BCUT2D eigenvalue weighted by atomic mass is 16.5. The minimum atomic E-state index is 0.321. The fourth-order valence-corrected chi connectivity index (χ4v) is 4.19. The Bertz CT molecular complexity index is 762. The van der Waals surface area contributed by atoms with E-state index in [0.717, 1.165) is 55.6 Å². The Morgan fingerprint density at radius 2 is 2.00 bits per heavy atom. The monoisotopic (exact) mass is 370 g/mol. The van der Waals surface area contributed by atoms with Crippen molar-refractivity contribution in [1.29, 1.82) is 0 Å². The van der Waals surface area contributed by atoms with E-state index in [-0.39, 0.29) is 0 Å². The number of hydrogen-bond donors (Lipinski definition) is 1. The summed E-state index contributed by atoms with van der Waals surface area (Å²) in [6.07, 6.45) is 8.36. The summed E-state index contributed by atoms with van der Waals surface area (Å²) in [5, 5.41) is 0. The molecule has 7 nitrogen and oxygen atoms in total. The second kappa shape index (κ2) is 7.94. The van der Waals surface area contributed by atoms with Crippen LogP contribution >= 0.6 is 0 Å². The molecule has 1 aliphatic carbocycles. The molecule has 2 fully saturated rings. The zero-order valence-corrected chi connectivity index (χ0v) is 16.3. The highest BCUT2D eigenvalue weighted by molar-refractivity contribution is 5.41. The van der Waals surface area contributed by atoms with Crippen molar-refractivity contribution in [2.75, 3.05) is 25.1 Å². The van der Waals surface area contributed by atoms with Gasteiger partial charge in [-0.15, -0.1) is 0 Å². The van der Waals surface area contributed by atoms with Gasteiger partial charge in [-0.05, 0) is 38.5 Å². The molecule has 0 aromatic carbocycles. The topological polar surface area (TPSA) is 82.1 Å². The first-order chi connectivity index (χ1) is 13.1. The van der Waals surface area contributed by atoms with Crippen LogP contribution in [-0.2, 0) is 17.9 Å². The molecule has 0 radical (unpaired) electrons. The molecular weight excluding hydrogens is 340 g/mol. The van der Waals surface area contributed by atoms with Crippen LogP contribution in [0.25, 0.3) is 0 Å². The van der Waals surface area contributed by atoms with Crippen LogP contribution in [0.4, 0.5) is 5.82 Å². The summed E-state index contributed by atoms with van der Waals surface area (Å²) in [4.78, 5) is 16.2. The van der Waals surface area contributed by atoms with Gasteiger partial charge >= 0.3 is 0 Å². The molecule has 0 amide bonds. The molecule has 1 saturated heterocycles. The van der Waals surface area contributed by atoms with Crippen molar-refractivity contribution >= 4 is 5.82 Å². The van der Waals surface area contributed by atoms with Gasteiger partial charge in [0.1, 0.15) is 18.2 Å². The van der Waals surface area contributed by atoms with Crippen LogP contribution in [0.2, 0.25) is 0 Å². The second-order valence-corrected chi connectivity index (χ2v) is 7.99. The first kappa shape index (κ1) is 18.4. The summed E-state index contributed by atoms with van der Waals surface area (Å²) >= 11 is 0. The summed E-state index contributed by atoms with van der Waals surface area (Å²) in [6.45, 7) is 5.65. The standard InChI is InChI=1S/C20H30N6O/c1-14-22-5-8-26(14)12-15-3-6-25(7-4-15)20-11-18(16-9-17(21)10-16)23-19(24-20)13-27-2/h5,8,11,15-17H,3-4,6-7,9-10,12-13,21H2,1-2H3. The van der Waals surface area contributed by atoms with Gasteiger partial charge in [-0.2, -0.15) is 0 Å². The van der Waals surface area contributed by atoms with Crippen molar-refractivity contribution in [1.82, 2.24) is 19.5 Å². The van der Waals surface area contributed by atoms with Crippen molar-refractivity contribution in [3.8, 4) is 0 Å². The molecule has 7 heteroatoms. The van der Waals surface area contributed by atoms with Crippen molar-refractivity contribution in [2.45, 2.75) is 57.7 Å². The molecule has 2 aliphatic rings. The average Bonchev–Trinajstić information content (AvgIpc) is 3.04. The summed E-state index contributed by atoms with van der Waals surface area (Å²) in [5.74, 6) is 4.09. The fourth-order valence-electron chi connectivity index (χ4n) is 4.19. The van der Waals surface area contributed by atoms with Crippen molar-refractivity contribution in [3.63, 3.8) is 0 Å². The number of aromatic nitrogens is 4. The average molecular weight is 371 g/mol. The summed E-state index contributed by atoms with van der Waals surface area (Å²) in [6, 6.07) is 2.50. The van der Waals surface area contributed by atoms with E-state index < -0.39 is 0 Å². The predicted octanol–water partition coefficient (Wildman–Crippen LogP) is 2.25. The number of hydrogen-bond acceptors (Lipinski definition) is 6. The van der Waals surface area contributed by atoms with Gasteiger partial charge in [0, 0.05) is 62.9 Å². The molecule has 0 atom stereocenters. The van der Waals surface area contributed by atoms with Crippen molar-refractivity contribution < 1.29 is 4.74 Å². The van der Waals surface area contributed by atoms with Crippen LogP contribution in [-0.4, -0.2) is 45.8 Å². The van der Waals surface area contributed by atoms with E-state index >= 15 is 0 Å². The molecule has 2 aromatic rings. The smallest absolute Gasteiger partial charge is 0.156 e. The number of methoxy groups -OCH3 is 1. The molecule has 0 spiro atoms. The maximum Gasteiger partial charge on any atom is 0.156 e. The van der Waals surface area contributed by atoms with E-state index in [1.807, 2.05) is 6.20 Å². The Morgan fingerprint density at radius 3 is 2.63 bits per heavy atom. The third-order valence-corrected chi connectivity index (χ3v) is 5.96. The van der Waals surface area contributed by atoms with E-state index in [1.165, 1.54) is 12.8 Å². The van der Waals surface area contributed by atoms with Gasteiger partial charge in [0.2, 0.25) is 0 Å². The lowest BCUT2D eigenvalue weighted by atomic mass is 9.78. The van der Waals surface area contributed by atoms with Gasteiger partial charge < -0.3 is 19.9 Å². The molecule has 0 bridgehead atoms. The molecule has 4 rings (SSSR count). The number of anilines is 1. The van der Waals surface area contributed by atoms with E-state index in [9.17, 15) is 0 Å². The Kier molecular flexibility index (Phi) is 5.41. The maximum absolute atomic E-state index is 5.98. The zero-order valence-electron chi connectivity index (χ0n) is 16.3. The van der Waals surface area contributed by atoms with E-state index in [2.05, 4.69) is 33.6 Å². The summed E-state index contributed by atoms with van der Waals surface area (Å²) in [7, 11) is 1.69. The molecule has 3 heterocycles. The van der Waals surface area contributed by atoms with Crippen molar-refractivity contribution in [2.24, 2.45) is 11.7 Å². The molecule has 0 unspecified atom stereocenters. The van der Waals surface area contributed by atoms with Gasteiger partial charge in [-0.1, -0.05) is 0 Å². The molecule has 2 aromatic heterocycles. The van der Waals surface area contributed by atoms with Crippen LogP contribution in [0.15, 0.2) is 18.5 Å². The van der Waals surface area contributed by atoms with Crippen LogP contribution in [0.5, 0.6) is 0 Å². The maximum atomic E-state index is 5.98. The van der Waals surface area contributed by atoms with Crippen LogP contribution < -0.4 is 10.6 Å². The van der Waals surface area contributed by atoms with Gasteiger partial charge in [0.05, 0.1) is 0 Å². The molecule has 1 saturated carbocycles. The highest BCUT2D eigenvalue weighted by Gasteiger charge is 2.30. The predicted molar refractivity (Wildman–Crippen MR) is 105 cm³/mol. The fraction of sp³-hybridized carbons (Fsp3) is 0.650. The SMILES string of the molecule is COCc1nc(C2CC(N)C2)cc(N2CCC(Cn3ccnc3C)CC2)n1. The lowest BCUT2D eigenvalue weighted by molar-refractivity contribution is 0.177. The van der Waals surface area contributed by atoms with Crippen LogP contribution in [0.3, 0.4) is 0 Å². The second-order valence-electron chi connectivity index (χ2n) is 7.99. The molecular formula is C20H30N6O. The Balaban J connectivity index is 1.43. The third-order valence-electron chi connectivity index (χ3n) is 5.96. The van der Waals surface area contributed by atoms with Gasteiger partial charge in [0.15, 0.2) is 5.82 Å². The molecule has 2 N–H and O–H groups in total. The number of rotatable bonds is 6. The zero-order chi connectivity index (χ0) is 18.8. The van der Waals surface area contributed by atoms with E-state index in [4.69, 9.17) is 20.4 Å². The Labute approximate surface area is 161 Å². The first-order valence-corrected chi connectivity index (χ1v) is 9.97. The normalized spacial score (nSPS) is 23.4. The van der Waals surface area contributed by atoms with E-state index in [0.29, 0.717) is 24.5 Å². The lowest BCUT2D eigenvalue weighted by Crippen LogP contribution is -2.37. The number of piperidine rings is 1. The highest BCUT2D eigenvalue weighted by Crippen LogP contribution is 2.36. The number of imidazole rings is 1. The van der Waals surface area contributed by atoms with Crippen molar-refractivity contribution in [3.05, 3.63) is 35.8 Å². The van der Waals surface area contributed by atoms with E-state index in [1.54, 1.807) is 7.11 Å². The largest absolute Gasteiger partial charge is 0.377 e. The van der Waals surface area contributed by atoms with Gasteiger partial charge in [-0.25, -0.2) is 15.0 Å². The molecule has 146 valence electrons. The Hall–Kier alpha value is -1.99. The Morgan fingerprint density at radius 1 is 1.22 bits per heavy atom. The third kappa shape index (κ3) is 4.14. The van der Waals surface area contributed by atoms with Crippen LogP contribution in [0, 0.1) is 12.8 Å². The number of nitrogens with two attached hydrogens (primary N) is 1. The number of nitrogens with zero attached hydrogens (tertiary/aromatic N) is 5. The number of ether oxygens (including phenoxy) is 1. The molecule has 27 heavy (non-hydrogen) atoms. The lowest BCUT2D eigenvalue weighted by Gasteiger charge is -2.35. The summed E-state index contributed by atoms with van der Waals surface area (Å²) < 4.78 is 7.55. The quantitative estimate of drug-likeness (QED) is 0.840. The first-order valence-electron chi connectivity index (χ1n) is 9.97. The van der Waals surface area contributed by atoms with Crippen LogP contribution in [0.1, 0.15) is 48.9 Å². The van der Waals surface area contributed by atoms with Gasteiger partial charge in [0.25, 0.3) is 0 Å². The number of aryl methyl sites for hydroxylation is 1.